The molecule has 4 heteroatoms. The van der Waals surface area contributed by atoms with Gasteiger partial charge in [-0.1, -0.05) is 6.92 Å². The van der Waals surface area contributed by atoms with Gasteiger partial charge in [-0.25, -0.2) is 0 Å². The fourth-order valence-electron chi connectivity index (χ4n) is 1.79. The van der Waals surface area contributed by atoms with Crippen molar-refractivity contribution in [2.45, 2.75) is 45.6 Å². The number of hydrogen-bond acceptors (Lipinski definition) is 3. The number of amides is 1. The quantitative estimate of drug-likeness (QED) is 0.830. The predicted molar refractivity (Wildman–Crippen MR) is 78.5 cm³/mol. The summed E-state index contributed by atoms with van der Waals surface area (Å²) in [5.74, 6) is 0.842. The molecule has 1 aromatic carbocycles. The molecule has 0 bridgehead atoms. The zero-order chi connectivity index (χ0) is 14.5. The summed E-state index contributed by atoms with van der Waals surface area (Å²) in [5, 5.41) is 2.89. The number of carbonyl (C=O) groups is 1. The highest BCUT2D eigenvalue weighted by molar-refractivity contribution is 5.90. The summed E-state index contributed by atoms with van der Waals surface area (Å²) in [4.78, 5) is 11.8. The van der Waals surface area contributed by atoms with Gasteiger partial charge in [-0.3, -0.25) is 4.79 Å². The van der Waals surface area contributed by atoms with E-state index < -0.39 is 0 Å². The van der Waals surface area contributed by atoms with E-state index in [9.17, 15) is 4.79 Å². The van der Waals surface area contributed by atoms with E-state index in [0.29, 0.717) is 12.8 Å². The Kier molecular flexibility index (Phi) is 5.36. The van der Waals surface area contributed by atoms with Gasteiger partial charge in [0.25, 0.3) is 0 Å². The average molecular weight is 264 g/mol. The van der Waals surface area contributed by atoms with Crippen molar-refractivity contribution in [2.75, 3.05) is 12.4 Å². The minimum absolute atomic E-state index is 0.00857. The van der Waals surface area contributed by atoms with Crippen LogP contribution in [-0.2, 0) is 11.2 Å². The Morgan fingerprint density at radius 2 is 2.11 bits per heavy atom. The SMILES string of the molecule is CCc1cc(NC(=O)CCC(C)(C)N)ccc1OC. The van der Waals surface area contributed by atoms with Crippen LogP contribution in [0.5, 0.6) is 5.75 Å². The minimum atomic E-state index is -0.314. The van der Waals surface area contributed by atoms with E-state index >= 15 is 0 Å². The topological polar surface area (TPSA) is 64.4 Å². The van der Waals surface area contributed by atoms with Crippen molar-refractivity contribution < 1.29 is 9.53 Å². The first-order chi connectivity index (χ1) is 8.85. The van der Waals surface area contributed by atoms with Gasteiger partial charge in [0.2, 0.25) is 5.91 Å². The van der Waals surface area contributed by atoms with Crippen molar-refractivity contribution in [1.82, 2.24) is 0 Å². The van der Waals surface area contributed by atoms with Crippen molar-refractivity contribution in [3.63, 3.8) is 0 Å². The molecule has 0 aromatic heterocycles. The molecule has 0 heterocycles. The van der Waals surface area contributed by atoms with Gasteiger partial charge in [0, 0.05) is 17.6 Å². The molecular formula is C15H24N2O2. The van der Waals surface area contributed by atoms with Crippen LogP contribution in [0.15, 0.2) is 18.2 Å². The number of nitrogens with one attached hydrogen (secondary N) is 1. The van der Waals surface area contributed by atoms with E-state index in [2.05, 4.69) is 12.2 Å². The van der Waals surface area contributed by atoms with Gasteiger partial charge in [0.05, 0.1) is 7.11 Å². The monoisotopic (exact) mass is 264 g/mol. The molecule has 0 unspecified atom stereocenters. The molecule has 0 aliphatic rings. The summed E-state index contributed by atoms with van der Waals surface area (Å²) in [7, 11) is 1.65. The minimum Gasteiger partial charge on any atom is -0.496 e. The Morgan fingerprint density at radius 3 is 2.63 bits per heavy atom. The standard InChI is InChI=1S/C15H24N2O2/c1-5-11-10-12(6-7-13(11)19-4)17-14(18)8-9-15(2,3)16/h6-7,10H,5,8-9,16H2,1-4H3,(H,17,18). The number of rotatable bonds is 6. The van der Waals surface area contributed by atoms with Crippen LogP contribution in [0.4, 0.5) is 5.69 Å². The van der Waals surface area contributed by atoms with Crippen LogP contribution in [0.25, 0.3) is 0 Å². The molecule has 4 nitrogen and oxygen atoms in total. The smallest absolute Gasteiger partial charge is 0.224 e. The third-order valence-corrected chi connectivity index (χ3v) is 2.94. The molecule has 0 atom stereocenters. The number of aryl methyl sites for hydroxylation is 1. The zero-order valence-electron chi connectivity index (χ0n) is 12.2. The number of nitrogens with two attached hydrogens (primary N) is 1. The van der Waals surface area contributed by atoms with E-state index in [1.165, 1.54) is 0 Å². The van der Waals surface area contributed by atoms with Gasteiger partial charge < -0.3 is 15.8 Å². The molecule has 0 saturated carbocycles. The lowest BCUT2D eigenvalue weighted by Crippen LogP contribution is -2.33. The van der Waals surface area contributed by atoms with E-state index in [4.69, 9.17) is 10.5 Å². The number of ether oxygens (including phenoxy) is 1. The molecule has 1 aromatic rings. The second kappa shape index (κ2) is 6.57. The van der Waals surface area contributed by atoms with Gasteiger partial charge in [-0.05, 0) is 50.5 Å². The predicted octanol–water partition coefficient (Wildman–Crippen LogP) is 2.71. The van der Waals surface area contributed by atoms with Gasteiger partial charge in [0.15, 0.2) is 0 Å². The molecular weight excluding hydrogens is 240 g/mol. The van der Waals surface area contributed by atoms with Crippen LogP contribution < -0.4 is 15.8 Å². The lowest BCUT2D eigenvalue weighted by Gasteiger charge is -2.17. The first-order valence-electron chi connectivity index (χ1n) is 6.61. The van der Waals surface area contributed by atoms with Gasteiger partial charge in [0.1, 0.15) is 5.75 Å². The molecule has 3 N–H and O–H groups in total. The number of carbonyl (C=O) groups excluding carboxylic acids is 1. The summed E-state index contributed by atoms with van der Waals surface area (Å²) >= 11 is 0. The van der Waals surface area contributed by atoms with Crippen LogP contribution in [0.2, 0.25) is 0 Å². The van der Waals surface area contributed by atoms with Gasteiger partial charge >= 0.3 is 0 Å². The van der Waals surface area contributed by atoms with E-state index in [1.54, 1.807) is 7.11 Å². The first kappa shape index (κ1) is 15.5. The molecule has 0 fully saturated rings. The Labute approximate surface area is 115 Å². The zero-order valence-corrected chi connectivity index (χ0v) is 12.2. The molecule has 19 heavy (non-hydrogen) atoms. The van der Waals surface area contributed by atoms with Gasteiger partial charge in [-0.15, -0.1) is 0 Å². The average Bonchev–Trinajstić information content (AvgIpc) is 2.35. The van der Waals surface area contributed by atoms with Gasteiger partial charge in [-0.2, -0.15) is 0 Å². The van der Waals surface area contributed by atoms with Crippen molar-refractivity contribution in [2.24, 2.45) is 5.73 Å². The van der Waals surface area contributed by atoms with Crippen LogP contribution in [0.3, 0.4) is 0 Å². The van der Waals surface area contributed by atoms with E-state index in [-0.39, 0.29) is 11.4 Å². The molecule has 0 saturated heterocycles. The fraction of sp³-hybridized carbons (Fsp3) is 0.533. The molecule has 0 spiro atoms. The maximum atomic E-state index is 11.8. The van der Waals surface area contributed by atoms with Crippen LogP contribution in [0.1, 0.15) is 39.2 Å². The van der Waals surface area contributed by atoms with Crippen molar-refractivity contribution >= 4 is 11.6 Å². The fourth-order valence-corrected chi connectivity index (χ4v) is 1.79. The summed E-state index contributed by atoms with van der Waals surface area (Å²) in [6.07, 6.45) is 1.95. The normalized spacial score (nSPS) is 11.2. The highest BCUT2D eigenvalue weighted by Crippen LogP contribution is 2.23. The second-order valence-corrected chi connectivity index (χ2v) is 5.42. The largest absolute Gasteiger partial charge is 0.496 e. The van der Waals surface area contributed by atoms with Crippen LogP contribution in [-0.4, -0.2) is 18.6 Å². The van der Waals surface area contributed by atoms with E-state index in [0.717, 1.165) is 23.4 Å². The highest BCUT2D eigenvalue weighted by atomic mass is 16.5. The van der Waals surface area contributed by atoms with Crippen molar-refractivity contribution in [3.05, 3.63) is 23.8 Å². The third kappa shape index (κ3) is 5.30. The Hall–Kier alpha value is -1.55. The van der Waals surface area contributed by atoms with Crippen LogP contribution >= 0.6 is 0 Å². The number of methoxy groups -OCH3 is 1. The summed E-state index contributed by atoms with van der Waals surface area (Å²) in [5.41, 5.74) is 7.44. The van der Waals surface area contributed by atoms with Crippen molar-refractivity contribution in [3.8, 4) is 5.75 Å². The van der Waals surface area contributed by atoms with Crippen molar-refractivity contribution in [1.29, 1.82) is 0 Å². The number of anilines is 1. The third-order valence-electron chi connectivity index (χ3n) is 2.94. The molecule has 1 amide bonds. The highest BCUT2D eigenvalue weighted by Gasteiger charge is 2.13. The Balaban J connectivity index is 2.64. The summed E-state index contributed by atoms with van der Waals surface area (Å²) in [6, 6.07) is 5.68. The molecule has 0 radical (unpaired) electrons. The summed E-state index contributed by atoms with van der Waals surface area (Å²) in [6.45, 7) is 5.89. The molecule has 106 valence electrons. The lowest BCUT2D eigenvalue weighted by molar-refractivity contribution is -0.116. The molecule has 0 aliphatic carbocycles. The molecule has 0 aliphatic heterocycles. The first-order valence-corrected chi connectivity index (χ1v) is 6.61. The maximum absolute atomic E-state index is 11.8. The molecule has 1 rings (SSSR count). The number of benzene rings is 1. The van der Waals surface area contributed by atoms with Crippen LogP contribution in [0, 0.1) is 0 Å². The van der Waals surface area contributed by atoms with E-state index in [1.807, 2.05) is 32.0 Å². The maximum Gasteiger partial charge on any atom is 0.224 e. The Bertz CT molecular complexity index is 436. The Morgan fingerprint density at radius 1 is 1.42 bits per heavy atom. The summed E-state index contributed by atoms with van der Waals surface area (Å²) < 4.78 is 5.26. The lowest BCUT2D eigenvalue weighted by atomic mass is 10.00. The second-order valence-electron chi connectivity index (χ2n) is 5.42. The number of hydrogen-bond donors (Lipinski definition) is 2.